The molecule has 8 heteroatoms. The van der Waals surface area contributed by atoms with E-state index in [-0.39, 0.29) is 17.2 Å². The van der Waals surface area contributed by atoms with E-state index in [4.69, 9.17) is 15.4 Å². The highest BCUT2D eigenvalue weighted by molar-refractivity contribution is 8.13. The molecule has 1 fully saturated rings. The second kappa shape index (κ2) is 6.29. The summed E-state index contributed by atoms with van der Waals surface area (Å²) in [6, 6.07) is 2.22. The van der Waals surface area contributed by atoms with Crippen molar-refractivity contribution in [2.75, 3.05) is 13.2 Å². The Morgan fingerprint density at radius 3 is 2.57 bits per heavy atom. The standard InChI is InChI=1S/C13H15ClFNO4S/c1-8-6-9(7-11(12(8)15)21(14,18)19)13(17)16-10-2-4-20-5-3-10/h6-7,10H,2-5H2,1H3,(H,16,17). The summed E-state index contributed by atoms with van der Waals surface area (Å²) in [7, 11) is 0.940. The van der Waals surface area contributed by atoms with Gasteiger partial charge in [0.15, 0.2) is 0 Å². The first kappa shape index (κ1) is 16.2. The van der Waals surface area contributed by atoms with Crippen molar-refractivity contribution >= 4 is 25.6 Å². The molecular weight excluding hydrogens is 321 g/mol. The van der Waals surface area contributed by atoms with E-state index in [9.17, 15) is 17.6 Å². The zero-order valence-electron chi connectivity index (χ0n) is 11.4. The van der Waals surface area contributed by atoms with Gasteiger partial charge in [0.2, 0.25) is 0 Å². The van der Waals surface area contributed by atoms with Gasteiger partial charge >= 0.3 is 0 Å². The van der Waals surface area contributed by atoms with Gasteiger partial charge < -0.3 is 10.1 Å². The summed E-state index contributed by atoms with van der Waals surface area (Å²) in [6.45, 7) is 2.51. The van der Waals surface area contributed by atoms with Crippen LogP contribution in [0.1, 0.15) is 28.8 Å². The lowest BCUT2D eigenvalue weighted by atomic mass is 10.1. The Morgan fingerprint density at radius 1 is 1.38 bits per heavy atom. The minimum Gasteiger partial charge on any atom is -0.381 e. The van der Waals surface area contributed by atoms with Crippen molar-refractivity contribution in [1.82, 2.24) is 5.32 Å². The summed E-state index contributed by atoms with van der Waals surface area (Å²) in [6.07, 6.45) is 1.37. The second-order valence-corrected chi connectivity index (χ2v) is 7.44. The van der Waals surface area contributed by atoms with Crippen LogP contribution in [-0.2, 0) is 13.8 Å². The molecule has 0 unspecified atom stereocenters. The molecule has 1 N–H and O–H groups in total. The van der Waals surface area contributed by atoms with Gasteiger partial charge in [-0.25, -0.2) is 12.8 Å². The number of carbonyl (C=O) groups is 1. The Labute approximate surface area is 126 Å². The molecule has 1 heterocycles. The normalized spacial score (nSPS) is 16.7. The molecule has 0 radical (unpaired) electrons. The van der Waals surface area contributed by atoms with Gasteiger partial charge in [-0.2, -0.15) is 0 Å². The minimum absolute atomic E-state index is 0.0346. The van der Waals surface area contributed by atoms with Crippen LogP contribution < -0.4 is 5.32 Å². The largest absolute Gasteiger partial charge is 0.381 e. The fraction of sp³-hybridized carbons (Fsp3) is 0.462. The van der Waals surface area contributed by atoms with Crippen molar-refractivity contribution in [2.24, 2.45) is 0 Å². The van der Waals surface area contributed by atoms with Crippen LogP contribution in [0.25, 0.3) is 0 Å². The summed E-state index contributed by atoms with van der Waals surface area (Å²) < 4.78 is 41.7. The fourth-order valence-corrected chi connectivity index (χ4v) is 3.14. The highest BCUT2D eigenvalue weighted by Crippen LogP contribution is 2.23. The van der Waals surface area contributed by atoms with Gasteiger partial charge in [-0.05, 0) is 37.5 Å². The molecule has 1 aromatic carbocycles. The number of hydrogen-bond donors (Lipinski definition) is 1. The molecule has 21 heavy (non-hydrogen) atoms. The van der Waals surface area contributed by atoms with Gasteiger partial charge in [0.25, 0.3) is 15.0 Å². The Bertz CT molecular complexity index is 656. The van der Waals surface area contributed by atoms with Crippen LogP contribution in [0, 0.1) is 12.7 Å². The van der Waals surface area contributed by atoms with Crippen molar-refractivity contribution < 1.29 is 22.3 Å². The lowest BCUT2D eigenvalue weighted by Gasteiger charge is -2.23. The predicted octanol–water partition coefficient (Wildman–Crippen LogP) is 1.97. The molecule has 1 aliphatic rings. The van der Waals surface area contributed by atoms with E-state index in [1.807, 2.05) is 0 Å². The number of benzene rings is 1. The summed E-state index contributed by atoms with van der Waals surface area (Å²) in [4.78, 5) is 11.5. The quantitative estimate of drug-likeness (QED) is 0.857. The summed E-state index contributed by atoms with van der Waals surface area (Å²) in [5, 5.41) is 2.78. The number of halogens is 2. The first-order valence-electron chi connectivity index (χ1n) is 6.42. The maximum absolute atomic E-state index is 13.8. The number of hydrogen-bond acceptors (Lipinski definition) is 4. The molecule has 1 saturated heterocycles. The fourth-order valence-electron chi connectivity index (χ4n) is 2.16. The lowest BCUT2D eigenvalue weighted by Crippen LogP contribution is -2.39. The molecule has 2 rings (SSSR count). The third-order valence-electron chi connectivity index (χ3n) is 3.30. The van der Waals surface area contributed by atoms with Gasteiger partial charge in [0.1, 0.15) is 10.7 Å². The molecule has 116 valence electrons. The zero-order valence-corrected chi connectivity index (χ0v) is 12.9. The van der Waals surface area contributed by atoms with Crippen molar-refractivity contribution in [3.8, 4) is 0 Å². The van der Waals surface area contributed by atoms with E-state index < -0.39 is 25.7 Å². The van der Waals surface area contributed by atoms with E-state index in [1.54, 1.807) is 0 Å². The van der Waals surface area contributed by atoms with E-state index in [1.165, 1.54) is 13.0 Å². The SMILES string of the molecule is Cc1cc(C(=O)NC2CCOCC2)cc(S(=O)(=O)Cl)c1F. The number of nitrogens with one attached hydrogen (secondary N) is 1. The van der Waals surface area contributed by atoms with E-state index in [0.29, 0.717) is 26.1 Å². The van der Waals surface area contributed by atoms with Crippen molar-refractivity contribution in [1.29, 1.82) is 0 Å². The molecule has 1 amide bonds. The third kappa shape index (κ3) is 3.93. The Hall–Kier alpha value is -1.18. The molecule has 0 aliphatic carbocycles. The van der Waals surface area contributed by atoms with E-state index >= 15 is 0 Å². The molecule has 5 nitrogen and oxygen atoms in total. The highest BCUT2D eigenvalue weighted by atomic mass is 35.7. The number of carbonyl (C=O) groups excluding carboxylic acids is 1. The molecule has 0 spiro atoms. The van der Waals surface area contributed by atoms with Crippen molar-refractivity contribution in [3.63, 3.8) is 0 Å². The van der Waals surface area contributed by atoms with Crippen LogP contribution in [0.2, 0.25) is 0 Å². The Balaban J connectivity index is 2.27. The predicted molar refractivity (Wildman–Crippen MR) is 75.5 cm³/mol. The van der Waals surface area contributed by atoms with Crippen molar-refractivity contribution in [3.05, 3.63) is 29.1 Å². The minimum atomic E-state index is -4.25. The molecular formula is C13H15ClFNO4S. The Kier molecular flexibility index (Phi) is 4.85. The summed E-state index contributed by atoms with van der Waals surface area (Å²) in [5.41, 5.74) is 0.119. The number of rotatable bonds is 3. The van der Waals surface area contributed by atoms with Crippen LogP contribution in [0.3, 0.4) is 0 Å². The summed E-state index contributed by atoms with van der Waals surface area (Å²) in [5.74, 6) is -1.39. The van der Waals surface area contributed by atoms with Crippen LogP contribution in [0.5, 0.6) is 0 Å². The maximum Gasteiger partial charge on any atom is 0.264 e. The van der Waals surface area contributed by atoms with Crippen LogP contribution >= 0.6 is 10.7 Å². The van der Waals surface area contributed by atoms with Gasteiger partial charge in [-0.15, -0.1) is 0 Å². The first-order valence-corrected chi connectivity index (χ1v) is 8.73. The third-order valence-corrected chi connectivity index (χ3v) is 4.62. The number of aryl methyl sites for hydroxylation is 1. The lowest BCUT2D eigenvalue weighted by molar-refractivity contribution is 0.0696. The molecule has 1 aliphatic heterocycles. The van der Waals surface area contributed by atoms with E-state index in [2.05, 4.69) is 5.32 Å². The maximum atomic E-state index is 13.8. The van der Waals surface area contributed by atoms with Crippen LogP contribution in [0.4, 0.5) is 4.39 Å². The van der Waals surface area contributed by atoms with Gasteiger partial charge in [-0.1, -0.05) is 0 Å². The molecule has 0 bridgehead atoms. The Morgan fingerprint density at radius 2 is 2.00 bits per heavy atom. The number of amides is 1. The molecule has 0 aromatic heterocycles. The smallest absolute Gasteiger partial charge is 0.264 e. The highest BCUT2D eigenvalue weighted by Gasteiger charge is 2.23. The van der Waals surface area contributed by atoms with Gasteiger partial charge in [0.05, 0.1) is 0 Å². The topological polar surface area (TPSA) is 72.5 Å². The monoisotopic (exact) mass is 335 g/mol. The van der Waals surface area contributed by atoms with Gasteiger partial charge in [0, 0.05) is 35.5 Å². The summed E-state index contributed by atoms with van der Waals surface area (Å²) >= 11 is 0. The van der Waals surface area contributed by atoms with Crippen LogP contribution in [0.15, 0.2) is 17.0 Å². The second-order valence-electron chi connectivity index (χ2n) is 4.90. The molecule has 1 aromatic rings. The first-order chi connectivity index (χ1) is 9.79. The van der Waals surface area contributed by atoms with Crippen molar-refractivity contribution in [2.45, 2.75) is 30.7 Å². The molecule has 0 atom stereocenters. The molecule has 0 saturated carbocycles. The van der Waals surface area contributed by atoms with Gasteiger partial charge in [-0.3, -0.25) is 4.79 Å². The average molecular weight is 336 g/mol. The zero-order chi connectivity index (χ0) is 15.6. The van der Waals surface area contributed by atoms with E-state index in [0.717, 1.165) is 6.07 Å². The van der Waals surface area contributed by atoms with Crippen LogP contribution in [-0.4, -0.2) is 33.6 Å². The average Bonchev–Trinajstić information content (AvgIpc) is 2.41. The number of ether oxygens (including phenoxy) is 1.